The molecule has 4 aliphatic rings. The molecule has 0 bridgehead atoms. The first-order valence-electron chi connectivity index (χ1n) is 20.0. The lowest BCUT2D eigenvalue weighted by molar-refractivity contribution is -0.385. The first kappa shape index (κ1) is 43.7. The van der Waals surface area contributed by atoms with Crippen molar-refractivity contribution in [1.29, 1.82) is 0 Å². The van der Waals surface area contributed by atoms with Gasteiger partial charge in [0.25, 0.3) is 17.1 Å². The molecule has 3 aromatic carbocycles. The maximum absolute atomic E-state index is 11.0. The van der Waals surface area contributed by atoms with E-state index in [4.69, 9.17) is 14.2 Å². The summed E-state index contributed by atoms with van der Waals surface area (Å²) < 4.78 is 16.6. The van der Waals surface area contributed by atoms with E-state index >= 15 is 0 Å². The smallest absolute Gasteiger partial charge is 0.273 e. The van der Waals surface area contributed by atoms with Gasteiger partial charge in [-0.15, -0.1) is 0 Å². The molecule has 4 saturated heterocycles. The van der Waals surface area contributed by atoms with Crippen LogP contribution in [-0.2, 0) is 4.74 Å². The van der Waals surface area contributed by atoms with Gasteiger partial charge in [0.2, 0.25) is 0 Å². The molecular formula is C40H55N7O11. The van der Waals surface area contributed by atoms with E-state index in [1.54, 1.807) is 18.2 Å². The fraction of sp³-hybridized carbons (Fsp3) is 0.550. The second kappa shape index (κ2) is 21.3. The van der Waals surface area contributed by atoms with Crippen LogP contribution in [-0.4, -0.2) is 121 Å². The van der Waals surface area contributed by atoms with Crippen LogP contribution in [0.5, 0.6) is 17.2 Å². The fourth-order valence-electron chi connectivity index (χ4n) is 7.12. The summed E-state index contributed by atoms with van der Waals surface area (Å²) in [6, 6.07) is 13.8. The summed E-state index contributed by atoms with van der Waals surface area (Å²) in [5.41, 5.74) is 2.51. The second-order valence-corrected chi connectivity index (χ2v) is 14.5. The average molecular weight is 810 g/mol. The minimum Gasteiger partial charge on any atom is -0.506 e. The third-order valence-corrected chi connectivity index (χ3v) is 10.4. The predicted octanol–water partition coefficient (Wildman–Crippen LogP) is 6.15. The molecule has 0 saturated carbocycles. The standard InChI is InChI=1S/C17H27N3O4.C13H16N2O4.C10H12N2O3/c1-3-18(4-2)12-15(21)13-24-17-11-14(20(22)23)7-8-16(17)19-9-5-6-10-19;16-15(17)10-3-4-12(14-5-1-2-6-14)13(7-10)19-9-11-8-18-11;13-10-7-8(12(14)15)3-4-9(10)11-5-1-2-6-11/h7-8,11,15,21H,3-6,9-10,12-13H2,1-2H3;3-4,7,11H,1-2,5-6,8-9H2;3-4,7,13H,1-2,5-6H2/t15-;;/m0../s1. The van der Waals surface area contributed by atoms with Gasteiger partial charge < -0.3 is 44.0 Å². The summed E-state index contributed by atoms with van der Waals surface area (Å²) in [4.78, 5) is 39.6. The number of anilines is 3. The van der Waals surface area contributed by atoms with Gasteiger partial charge in [-0.2, -0.15) is 0 Å². The summed E-state index contributed by atoms with van der Waals surface area (Å²) in [6.07, 6.45) is 6.26. The summed E-state index contributed by atoms with van der Waals surface area (Å²) in [7, 11) is 0. The van der Waals surface area contributed by atoms with Crippen molar-refractivity contribution in [3.05, 3.63) is 84.9 Å². The number of rotatable bonds is 16. The number of epoxide rings is 1. The van der Waals surface area contributed by atoms with Crippen LogP contribution in [0.15, 0.2) is 54.6 Å². The maximum atomic E-state index is 11.0. The number of non-ortho nitro benzene ring substituents is 3. The summed E-state index contributed by atoms with van der Waals surface area (Å²) in [5.74, 6) is 1.06. The van der Waals surface area contributed by atoms with Crippen LogP contribution in [0.1, 0.15) is 52.4 Å². The van der Waals surface area contributed by atoms with Crippen LogP contribution in [0.25, 0.3) is 0 Å². The van der Waals surface area contributed by atoms with Gasteiger partial charge in [0, 0.05) is 64.0 Å². The lowest BCUT2D eigenvalue weighted by Crippen LogP contribution is -2.35. The predicted molar refractivity (Wildman–Crippen MR) is 220 cm³/mol. The van der Waals surface area contributed by atoms with Crippen LogP contribution in [0.4, 0.5) is 34.1 Å². The van der Waals surface area contributed by atoms with Gasteiger partial charge in [-0.1, -0.05) is 13.8 Å². The minimum atomic E-state index is -0.629. The highest BCUT2D eigenvalue weighted by molar-refractivity contribution is 5.64. The number of hydrogen-bond acceptors (Lipinski definition) is 15. The van der Waals surface area contributed by atoms with Crippen molar-refractivity contribution in [1.82, 2.24) is 4.90 Å². The molecule has 4 heterocycles. The average Bonchev–Trinajstić information content (AvgIpc) is 3.64. The fourth-order valence-corrected chi connectivity index (χ4v) is 7.12. The zero-order valence-electron chi connectivity index (χ0n) is 33.3. The Bertz CT molecular complexity index is 1820. The molecule has 0 amide bonds. The number of phenols is 1. The normalized spacial score (nSPS) is 17.6. The molecule has 1 unspecified atom stereocenters. The number of aliphatic hydroxyl groups excluding tert-OH is 1. The van der Waals surface area contributed by atoms with Crippen molar-refractivity contribution in [3.8, 4) is 17.2 Å². The Morgan fingerprint density at radius 3 is 1.48 bits per heavy atom. The molecule has 58 heavy (non-hydrogen) atoms. The minimum absolute atomic E-state index is 0.00572. The van der Waals surface area contributed by atoms with Crippen molar-refractivity contribution in [3.63, 3.8) is 0 Å². The molecule has 2 N–H and O–H groups in total. The van der Waals surface area contributed by atoms with E-state index < -0.39 is 20.9 Å². The Labute approximate surface area is 337 Å². The maximum Gasteiger partial charge on any atom is 0.273 e. The largest absolute Gasteiger partial charge is 0.506 e. The number of aromatic hydroxyl groups is 1. The van der Waals surface area contributed by atoms with Crippen molar-refractivity contribution in [2.24, 2.45) is 0 Å². The Balaban J connectivity index is 0.000000170. The van der Waals surface area contributed by atoms with Crippen LogP contribution < -0.4 is 24.2 Å². The SMILES string of the molecule is CCN(CC)C[C@H](O)COc1cc([N+](=O)[O-])ccc1N1CCCC1.O=[N+]([O-])c1ccc(N2CCCC2)c(O)c1.O=[N+]([O-])c1ccc(N2CCCC2)c(OCC2CO2)c1. The van der Waals surface area contributed by atoms with E-state index in [-0.39, 0.29) is 35.5 Å². The Morgan fingerprint density at radius 1 is 0.690 bits per heavy atom. The molecule has 18 nitrogen and oxygen atoms in total. The van der Waals surface area contributed by atoms with Gasteiger partial charge in [-0.25, -0.2) is 0 Å². The second-order valence-electron chi connectivity index (χ2n) is 14.5. The number of aliphatic hydroxyl groups is 1. The first-order chi connectivity index (χ1) is 28.0. The number of nitro benzene ring substituents is 3. The number of likely N-dealkylation sites (N-methyl/N-ethyl adjacent to an activating group) is 1. The van der Waals surface area contributed by atoms with Crippen molar-refractivity contribution in [2.75, 3.05) is 93.4 Å². The molecule has 0 aromatic heterocycles. The van der Waals surface area contributed by atoms with E-state index in [1.165, 1.54) is 36.4 Å². The van der Waals surface area contributed by atoms with Crippen LogP contribution in [0.3, 0.4) is 0 Å². The van der Waals surface area contributed by atoms with Crippen LogP contribution in [0, 0.1) is 30.3 Å². The van der Waals surface area contributed by atoms with Gasteiger partial charge in [0.1, 0.15) is 42.7 Å². The first-order valence-corrected chi connectivity index (χ1v) is 20.0. The molecule has 18 heteroatoms. The number of benzene rings is 3. The topological polar surface area (TPSA) is 214 Å². The molecule has 0 spiro atoms. The van der Waals surface area contributed by atoms with Gasteiger partial charge in [-0.3, -0.25) is 30.3 Å². The number of nitro groups is 3. The van der Waals surface area contributed by atoms with E-state index in [0.717, 1.165) is 102 Å². The molecule has 3 aromatic rings. The molecule has 4 fully saturated rings. The number of hydrogen-bond donors (Lipinski definition) is 2. The van der Waals surface area contributed by atoms with E-state index in [0.29, 0.717) is 36.9 Å². The number of ether oxygens (including phenoxy) is 3. The zero-order chi connectivity index (χ0) is 41.6. The molecule has 0 radical (unpaired) electrons. The van der Waals surface area contributed by atoms with Crippen molar-refractivity contribution < 1.29 is 39.2 Å². The van der Waals surface area contributed by atoms with E-state index in [2.05, 4.69) is 14.7 Å². The van der Waals surface area contributed by atoms with Crippen molar-refractivity contribution >= 4 is 34.1 Å². The van der Waals surface area contributed by atoms with Gasteiger partial charge in [0.15, 0.2) is 0 Å². The summed E-state index contributed by atoms with van der Waals surface area (Å²) >= 11 is 0. The highest BCUT2D eigenvalue weighted by Crippen LogP contribution is 2.36. The Hall–Kier alpha value is -5.46. The Kier molecular flexibility index (Phi) is 16.1. The summed E-state index contributed by atoms with van der Waals surface area (Å²) in [5, 5.41) is 52.2. The van der Waals surface area contributed by atoms with Gasteiger partial charge >= 0.3 is 0 Å². The van der Waals surface area contributed by atoms with Crippen LogP contribution >= 0.6 is 0 Å². The summed E-state index contributed by atoms with van der Waals surface area (Å²) in [6.45, 7) is 13.3. The number of phenolic OH excluding ortho intramolecular Hbond substituents is 1. The van der Waals surface area contributed by atoms with Gasteiger partial charge in [0.05, 0.1) is 56.6 Å². The van der Waals surface area contributed by atoms with E-state index in [9.17, 15) is 40.6 Å². The Morgan fingerprint density at radius 2 is 1.09 bits per heavy atom. The molecule has 7 rings (SSSR count). The highest BCUT2D eigenvalue weighted by Gasteiger charge is 2.26. The third-order valence-electron chi connectivity index (χ3n) is 10.4. The van der Waals surface area contributed by atoms with Crippen molar-refractivity contribution in [2.45, 2.75) is 64.6 Å². The molecular weight excluding hydrogens is 754 g/mol. The molecule has 2 atom stereocenters. The monoisotopic (exact) mass is 809 g/mol. The third kappa shape index (κ3) is 12.5. The molecule has 0 aliphatic carbocycles. The lowest BCUT2D eigenvalue weighted by Gasteiger charge is -2.24. The zero-order valence-corrected chi connectivity index (χ0v) is 33.3. The molecule has 316 valence electrons. The van der Waals surface area contributed by atoms with Crippen LogP contribution in [0.2, 0.25) is 0 Å². The van der Waals surface area contributed by atoms with Gasteiger partial charge in [-0.05, 0) is 69.8 Å². The lowest BCUT2D eigenvalue weighted by atomic mass is 10.2. The highest BCUT2D eigenvalue weighted by atomic mass is 16.6. The van der Waals surface area contributed by atoms with E-state index in [1.807, 2.05) is 18.7 Å². The quantitative estimate of drug-likeness (QED) is 0.0943. The molecule has 4 aliphatic heterocycles. The number of nitrogens with zero attached hydrogens (tertiary/aromatic N) is 7.